The lowest BCUT2D eigenvalue weighted by Gasteiger charge is -2.35. The average molecular weight is 565 g/mol. The van der Waals surface area contributed by atoms with Gasteiger partial charge in [0.25, 0.3) is 5.91 Å². The van der Waals surface area contributed by atoms with Crippen molar-refractivity contribution in [1.29, 1.82) is 0 Å². The maximum Gasteiger partial charge on any atom is 0.422 e. The van der Waals surface area contributed by atoms with E-state index >= 15 is 0 Å². The molecule has 1 atom stereocenters. The Labute approximate surface area is 230 Å². The van der Waals surface area contributed by atoms with Crippen LogP contribution in [0.1, 0.15) is 59.7 Å². The third kappa shape index (κ3) is 6.44. The van der Waals surface area contributed by atoms with Crippen LogP contribution in [0.4, 0.5) is 13.2 Å². The highest BCUT2D eigenvalue weighted by molar-refractivity contribution is 5.97. The van der Waals surface area contributed by atoms with Gasteiger partial charge in [-0.2, -0.15) is 13.2 Å². The summed E-state index contributed by atoms with van der Waals surface area (Å²) in [6, 6.07) is 9.33. The highest BCUT2D eigenvalue weighted by atomic mass is 19.4. The minimum atomic E-state index is -4.65. The molecule has 40 heavy (non-hydrogen) atoms. The van der Waals surface area contributed by atoms with Crippen molar-refractivity contribution >= 4 is 17.9 Å². The van der Waals surface area contributed by atoms with Crippen molar-refractivity contribution in [1.82, 2.24) is 19.7 Å². The number of halogens is 3. The van der Waals surface area contributed by atoms with Gasteiger partial charge in [-0.25, -0.2) is 0 Å². The highest BCUT2D eigenvalue weighted by Gasteiger charge is 2.39. The van der Waals surface area contributed by atoms with Crippen LogP contribution < -0.4 is 10.1 Å². The van der Waals surface area contributed by atoms with Gasteiger partial charge >= 0.3 is 6.18 Å². The summed E-state index contributed by atoms with van der Waals surface area (Å²) < 4.78 is 46.5. The second kappa shape index (κ2) is 12.3. The summed E-state index contributed by atoms with van der Waals surface area (Å²) in [7, 11) is 1.56. The maximum absolute atomic E-state index is 13.5. The molecular weight excluding hydrogens is 529 g/mol. The van der Waals surface area contributed by atoms with Crippen LogP contribution in [0.5, 0.6) is 5.75 Å². The Morgan fingerprint density at radius 1 is 1.15 bits per heavy atom. The monoisotopic (exact) mass is 564 g/mol. The van der Waals surface area contributed by atoms with Crippen molar-refractivity contribution in [3.8, 4) is 5.75 Å². The number of benzene rings is 1. The van der Waals surface area contributed by atoms with Crippen LogP contribution in [0.15, 0.2) is 36.0 Å². The smallest absolute Gasteiger partial charge is 0.422 e. The number of nitrogens with zero attached hydrogens (tertiary/aromatic N) is 3. The number of aliphatic hydroxyl groups is 2. The molecule has 0 aliphatic carbocycles. The first-order chi connectivity index (χ1) is 19.0. The van der Waals surface area contributed by atoms with Crippen molar-refractivity contribution in [3.05, 3.63) is 58.5 Å². The molecule has 2 aliphatic heterocycles. The largest absolute Gasteiger partial charge is 0.481 e. The fourth-order valence-electron chi connectivity index (χ4n) is 5.32. The van der Waals surface area contributed by atoms with E-state index < -0.39 is 37.4 Å². The van der Waals surface area contributed by atoms with E-state index in [0.717, 1.165) is 11.3 Å². The summed E-state index contributed by atoms with van der Waals surface area (Å²) >= 11 is 0. The Kier molecular flexibility index (Phi) is 9.09. The molecule has 1 unspecified atom stereocenters. The number of allylic oxidation sites excluding steroid dienone is 1. The number of piperidine rings is 1. The quantitative estimate of drug-likeness (QED) is 0.433. The SMILES string of the molecule is CCC1=Cc2c(c(OCC(F)(F)F)c(C(=O)NC3CCN(C(=O)CO)CC3)n2C)C(O)N1CCc1ccccc1. The molecule has 2 aliphatic rings. The molecule has 1 aromatic carbocycles. The molecule has 1 aromatic heterocycles. The van der Waals surface area contributed by atoms with Crippen LogP contribution in [-0.4, -0.2) is 81.5 Å². The van der Waals surface area contributed by atoms with Crippen molar-refractivity contribution in [2.24, 2.45) is 7.05 Å². The van der Waals surface area contributed by atoms with Gasteiger partial charge in [0.2, 0.25) is 5.91 Å². The van der Waals surface area contributed by atoms with E-state index in [-0.39, 0.29) is 23.0 Å². The Morgan fingerprint density at radius 3 is 2.42 bits per heavy atom. The number of carbonyl (C=O) groups excluding carboxylic acids is 2. The lowest BCUT2D eigenvalue weighted by Crippen LogP contribution is -2.47. The number of rotatable bonds is 9. The molecular formula is C28H35F3N4O5. The Balaban J connectivity index is 1.63. The van der Waals surface area contributed by atoms with Gasteiger partial charge in [0.15, 0.2) is 18.6 Å². The zero-order valence-corrected chi connectivity index (χ0v) is 22.6. The molecule has 1 fully saturated rings. The number of alkyl halides is 3. The number of aliphatic hydroxyl groups excluding tert-OH is 2. The summed E-state index contributed by atoms with van der Waals surface area (Å²) in [5.41, 5.74) is 2.24. The second-order valence-electron chi connectivity index (χ2n) is 10.0. The van der Waals surface area contributed by atoms with E-state index in [4.69, 9.17) is 9.84 Å². The Morgan fingerprint density at radius 2 is 1.82 bits per heavy atom. The summed E-state index contributed by atoms with van der Waals surface area (Å²) in [4.78, 5) is 28.5. The molecule has 2 aromatic rings. The van der Waals surface area contributed by atoms with Crippen LogP contribution in [0, 0.1) is 0 Å². The molecule has 1 saturated heterocycles. The lowest BCUT2D eigenvalue weighted by molar-refractivity contribution is -0.154. The molecule has 0 bridgehead atoms. The van der Waals surface area contributed by atoms with Gasteiger partial charge in [0.05, 0.1) is 11.3 Å². The second-order valence-corrected chi connectivity index (χ2v) is 10.0. The standard InChI is InChI=1S/C28H35F3N4O5/c1-3-20-15-21-23(27(39)35(20)14-9-18-7-5-4-6-8-18)25(40-17-28(29,30)31)24(33(21)2)26(38)32-19-10-12-34(13-11-19)22(37)16-36/h4-8,15,19,27,36,39H,3,9-14,16-17H2,1-2H3,(H,32,38). The molecule has 0 radical (unpaired) electrons. The van der Waals surface area contributed by atoms with Gasteiger partial charge in [0.1, 0.15) is 12.3 Å². The predicted octanol–water partition coefficient (Wildman–Crippen LogP) is 2.98. The molecule has 3 heterocycles. The summed E-state index contributed by atoms with van der Waals surface area (Å²) in [6.07, 6.45) is -2.18. The van der Waals surface area contributed by atoms with E-state index in [2.05, 4.69) is 5.32 Å². The number of hydrogen-bond acceptors (Lipinski definition) is 6. The predicted molar refractivity (Wildman–Crippen MR) is 141 cm³/mol. The molecule has 0 spiro atoms. The third-order valence-electron chi connectivity index (χ3n) is 7.42. The van der Waals surface area contributed by atoms with Crippen molar-refractivity contribution < 1.29 is 37.7 Å². The summed E-state index contributed by atoms with van der Waals surface area (Å²) in [6.45, 7) is 0.789. The van der Waals surface area contributed by atoms with Gasteiger partial charge in [-0.05, 0) is 37.3 Å². The van der Waals surface area contributed by atoms with Gasteiger partial charge < -0.3 is 34.6 Å². The van der Waals surface area contributed by atoms with Crippen LogP contribution in [0.3, 0.4) is 0 Å². The normalized spacial score (nSPS) is 17.9. The Hall–Kier alpha value is -3.51. The number of likely N-dealkylation sites (tertiary alicyclic amines) is 1. The number of aromatic nitrogens is 1. The first-order valence-corrected chi connectivity index (χ1v) is 13.3. The molecule has 0 saturated carbocycles. The Bertz CT molecular complexity index is 1240. The van der Waals surface area contributed by atoms with Gasteiger partial charge in [-0.1, -0.05) is 37.3 Å². The number of amides is 2. The van der Waals surface area contributed by atoms with Crippen molar-refractivity contribution in [2.45, 2.75) is 51.1 Å². The number of fused-ring (bicyclic) bond motifs is 1. The van der Waals surface area contributed by atoms with E-state index in [0.29, 0.717) is 51.0 Å². The number of nitrogens with one attached hydrogen (secondary N) is 1. The zero-order valence-electron chi connectivity index (χ0n) is 22.6. The van der Waals surface area contributed by atoms with Crippen LogP contribution in [-0.2, 0) is 18.3 Å². The van der Waals surface area contributed by atoms with Crippen LogP contribution >= 0.6 is 0 Å². The van der Waals surface area contributed by atoms with E-state index in [1.54, 1.807) is 18.0 Å². The first-order valence-electron chi connectivity index (χ1n) is 13.3. The molecule has 3 N–H and O–H groups in total. The minimum absolute atomic E-state index is 0.112. The number of hydrogen-bond donors (Lipinski definition) is 3. The average Bonchev–Trinajstić information content (AvgIpc) is 3.22. The maximum atomic E-state index is 13.5. The van der Waals surface area contributed by atoms with Gasteiger partial charge in [-0.3, -0.25) is 9.59 Å². The topological polar surface area (TPSA) is 107 Å². The molecule has 9 nitrogen and oxygen atoms in total. The summed E-state index contributed by atoms with van der Waals surface area (Å²) in [5.74, 6) is -1.33. The first kappa shape index (κ1) is 29.5. The highest BCUT2D eigenvalue weighted by Crippen LogP contribution is 2.43. The third-order valence-corrected chi connectivity index (χ3v) is 7.42. The number of ether oxygens (including phenoxy) is 1. The van der Waals surface area contributed by atoms with E-state index in [9.17, 15) is 27.9 Å². The molecule has 4 rings (SSSR count). The van der Waals surface area contributed by atoms with Gasteiger partial charge in [0, 0.05) is 38.4 Å². The summed E-state index contributed by atoms with van der Waals surface area (Å²) in [5, 5.41) is 23.4. The van der Waals surface area contributed by atoms with E-state index in [1.165, 1.54) is 9.47 Å². The van der Waals surface area contributed by atoms with Gasteiger partial charge in [-0.15, -0.1) is 0 Å². The number of carbonyl (C=O) groups is 2. The van der Waals surface area contributed by atoms with Crippen LogP contribution in [0.25, 0.3) is 6.08 Å². The fourth-order valence-corrected chi connectivity index (χ4v) is 5.32. The molecule has 12 heteroatoms. The van der Waals surface area contributed by atoms with Crippen molar-refractivity contribution in [3.63, 3.8) is 0 Å². The lowest BCUT2D eigenvalue weighted by atomic mass is 10.0. The van der Waals surface area contributed by atoms with Crippen LogP contribution in [0.2, 0.25) is 0 Å². The van der Waals surface area contributed by atoms with Crippen molar-refractivity contribution in [2.75, 3.05) is 32.8 Å². The van der Waals surface area contributed by atoms with E-state index in [1.807, 2.05) is 37.3 Å². The minimum Gasteiger partial charge on any atom is -0.481 e. The fraction of sp³-hybridized carbons (Fsp3) is 0.500. The molecule has 2 amide bonds. The molecule has 218 valence electrons. The zero-order chi connectivity index (χ0) is 29.0.